The van der Waals surface area contributed by atoms with Crippen LogP contribution < -0.4 is 0 Å². The molecule has 1 aromatic carbocycles. The molecule has 0 bridgehead atoms. The second-order valence-electron chi connectivity index (χ2n) is 6.14. The van der Waals surface area contributed by atoms with Crippen molar-refractivity contribution in [1.82, 2.24) is 10.1 Å². The zero-order chi connectivity index (χ0) is 18.2. The minimum Gasteiger partial charge on any atom is -0.391 e. The summed E-state index contributed by atoms with van der Waals surface area (Å²) in [5.41, 5.74) is -0.382. The molecule has 5 nitrogen and oxygen atoms in total. The molecule has 8 heteroatoms. The highest BCUT2D eigenvalue weighted by Gasteiger charge is 2.41. The third-order valence-corrected chi connectivity index (χ3v) is 4.23. The number of β-amino-alcohol motifs (C(OH)–C–C–N with tert-alkyl or cyclic N) is 1. The maximum atomic E-state index is 13.3. The zero-order valence-electron chi connectivity index (χ0n) is 13.5. The summed E-state index contributed by atoms with van der Waals surface area (Å²) >= 11 is 0. The molecule has 0 unspecified atom stereocenters. The average Bonchev–Trinajstić information content (AvgIpc) is 3.12. The van der Waals surface area contributed by atoms with E-state index >= 15 is 0 Å². The van der Waals surface area contributed by atoms with Gasteiger partial charge >= 0.3 is 6.18 Å². The van der Waals surface area contributed by atoms with E-state index < -0.39 is 29.8 Å². The Labute approximate surface area is 142 Å². The number of aliphatic hydroxyl groups is 1. The van der Waals surface area contributed by atoms with Crippen LogP contribution in [0.1, 0.15) is 35.0 Å². The highest BCUT2D eigenvalue weighted by atomic mass is 19.4. The van der Waals surface area contributed by atoms with Gasteiger partial charge in [0.25, 0.3) is 0 Å². The molecule has 0 aliphatic carbocycles. The van der Waals surface area contributed by atoms with Gasteiger partial charge in [-0.2, -0.15) is 13.2 Å². The Morgan fingerprint density at radius 3 is 2.76 bits per heavy atom. The van der Waals surface area contributed by atoms with Gasteiger partial charge in [0.15, 0.2) is 0 Å². The van der Waals surface area contributed by atoms with E-state index in [-0.39, 0.29) is 24.9 Å². The van der Waals surface area contributed by atoms with Gasteiger partial charge in [-0.15, -0.1) is 0 Å². The van der Waals surface area contributed by atoms with Gasteiger partial charge in [0, 0.05) is 12.6 Å². The minimum absolute atomic E-state index is 0.00349. The van der Waals surface area contributed by atoms with Crippen LogP contribution in [0, 0.1) is 6.92 Å². The van der Waals surface area contributed by atoms with E-state index in [4.69, 9.17) is 4.52 Å². The number of halogens is 3. The number of nitrogens with zero attached hydrogens (tertiary/aromatic N) is 2. The van der Waals surface area contributed by atoms with Crippen LogP contribution in [0.2, 0.25) is 0 Å². The van der Waals surface area contributed by atoms with Gasteiger partial charge in [0.2, 0.25) is 5.91 Å². The first-order chi connectivity index (χ1) is 11.8. The van der Waals surface area contributed by atoms with Crippen LogP contribution in [0.15, 0.2) is 34.9 Å². The second kappa shape index (κ2) is 6.51. The zero-order valence-corrected chi connectivity index (χ0v) is 13.5. The molecule has 1 N–H and O–H groups in total. The van der Waals surface area contributed by atoms with Gasteiger partial charge < -0.3 is 14.5 Å². The molecule has 0 saturated carbocycles. The Morgan fingerprint density at radius 1 is 1.40 bits per heavy atom. The van der Waals surface area contributed by atoms with E-state index in [0.717, 1.165) is 6.07 Å². The molecule has 2 atom stereocenters. The molecule has 1 saturated heterocycles. The lowest BCUT2D eigenvalue weighted by molar-refractivity contribution is -0.140. The number of hydrogen-bond acceptors (Lipinski definition) is 4. The van der Waals surface area contributed by atoms with Gasteiger partial charge in [0.05, 0.1) is 29.8 Å². The molecule has 1 amide bonds. The topological polar surface area (TPSA) is 66.6 Å². The third kappa shape index (κ3) is 3.68. The van der Waals surface area contributed by atoms with Crippen molar-refractivity contribution in [2.45, 2.75) is 38.1 Å². The molecule has 2 heterocycles. The number of rotatable bonds is 3. The summed E-state index contributed by atoms with van der Waals surface area (Å²) in [7, 11) is 0. The predicted molar refractivity (Wildman–Crippen MR) is 81.5 cm³/mol. The fraction of sp³-hybridized carbons (Fsp3) is 0.412. The van der Waals surface area contributed by atoms with Gasteiger partial charge in [0.1, 0.15) is 5.76 Å². The standard InChI is InChI=1S/C17H17F3N2O3/c1-10-6-11(21-25-10)7-16(24)22-9-12(23)8-15(22)13-4-2-3-5-14(13)17(18,19)20/h2-6,12,15,23H,7-9H2,1H3/t12-,15+/m0/s1. The first kappa shape index (κ1) is 17.5. The normalized spacial score (nSPS) is 20.9. The van der Waals surface area contributed by atoms with Gasteiger partial charge in [-0.05, 0) is 25.0 Å². The number of alkyl halides is 3. The molecular weight excluding hydrogens is 337 g/mol. The summed E-state index contributed by atoms with van der Waals surface area (Å²) in [6, 6.07) is 5.92. The number of aryl methyl sites for hydroxylation is 1. The second-order valence-corrected chi connectivity index (χ2v) is 6.14. The van der Waals surface area contributed by atoms with Crippen LogP contribution in [0.25, 0.3) is 0 Å². The number of carbonyl (C=O) groups excluding carboxylic acids is 1. The maximum absolute atomic E-state index is 13.3. The van der Waals surface area contributed by atoms with Gasteiger partial charge in [-0.3, -0.25) is 4.79 Å². The Balaban J connectivity index is 1.89. The molecule has 2 aromatic rings. The van der Waals surface area contributed by atoms with Crippen molar-refractivity contribution in [2.75, 3.05) is 6.54 Å². The monoisotopic (exact) mass is 354 g/mol. The fourth-order valence-corrected chi connectivity index (χ4v) is 3.19. The van der Waals surface area contributed by atoms with Crippen molar-refractivity contribution >= 4 is 5.91 Å². The molecule has 134 valence electrons. The number of aromatic nitrogens is 1. The first-order valence-corrected chi connectivity index (χ1v) is 7.81. The van der Waals surface area contributed by atoms with Crippen molar-refractivity contribution < 1.29 is 27.6 Å². The Morgan fingerprint density at radius 2 is 2.12 bits per heavy atom. The van der Waals surface area contributed by atoms with Crippen molar-refractivity contribution in [3.05, 3.63) is 52.9 Å². The molecule has 1 aromatic heterocycles. The van der Waals surface area contributed by atoms with E-state index in [2.05, 4.69) is 5.16 Å². The number of amides is 1. The quantitative estimate of drug-likeness (QED) is 0.920. The summed E-state index contributed by atoms with van der Waals surface area (Å²) in [6.07, 6.45) is -5.41. The van der Waals surface area contributed by atoms with Crippen LogP contribution in [-0.4, -0.2) is 33.7 Å². The van der Waals surface area contributed by atoms with Crippen LogP contribution in [0.5, 0.6) is 0 Å². The summed E-state index contributed by atoms with van der Waals surface area (Å²) in [4.78, 5) is 13.9. The summed E-state index contributed by atoms with van der Waals surface area (Å²) in [5, 5.41) is 13.7. The van der Waals surface area contributed by atoms with Crippen LogP contribution >= 0.6 is 0 Å². The van der Waals surface area contributed by atoms with E-state index in [1.54, 1.807) is 13.0 Å². The van der Waals surface area contributed by atoms with E-state index in [9.17, 15) is 23.1 Å². The van der Waals surface area contributed by atoms with Crippen LogP contribution in [0.3, 0.4) is 0 Å². The fourth-order valence-electron chi connectivity index (χ4n) is 3.19. The first-order valence-electron chi connectivity index (χ1n) is 7.81. The molecule has 1 aliphatic rings. The number of benzene rings is 1. The van der Waals surface area contributed by atoms with Gasteiger partial charge in [-0.1, -0.05) is 23.4 Å². The predicted octanol–water partition coefficient (Wildman–Crippen LogP) is 2.88. The van der Waals surface area contributed by atoms with Crippen molar-refractivity contribution in [3.63, 3.8) is 0 Å². The molecule has 0 spiro atoms. The number of aliphatic hydroxyl groups excluding tert-OH is 1. The lowest BCUT2D eigenvalue weighted by Gasteiger charge is -2.27. The van der Waals surface area contributed by atoms with E-state index in [0.29, 0.717) is 11.5 Å². The summed E-state index contributed by atoms with van der Waals surface area (Å²) in [6.45, 7) is 1.68. The Hall–Kier alpha value is -2.35. The molecule has 1 aliphatic heterocycles. The van der Waals surface area contributed by atoms with Crippen molar-refractivity contribution in [3.8, 4) is 0 Å². The smallest absolute Gasteiger partial charge is 0.391 e. The number of likely N-dealkylation sites (tertiary alicyclic amines) is 1. The Bertz CT molecular complexity index is 772. The largest absolute Gasteiger partial charge is 0.416 e. The molecule has 1 fully saturated rings. The highest BCUT2D eigenvalue weighted by Crippen LogP contribution is 2.40. The Kier molecular flexibility index (Phi) is 4.55. The highest BCUT2D eigenvalue weighted by molar-refractivity contribution is 5.79. The SMILES string of the molecule is Cc1cc(CC(=O)N2C[C@@H](O)C[C@@H]2c2ccccc2C(F)(F)F)no1. The van der Waals surface area contributed by atoms with Crippen molar-refractivity contribution in [1.29, 1.82) is 0 Å². The summed E-state index contributed by atoms with van der Waals surface area (Å²) < 4.78 is 44.8. The lowest BCUT2D eigenvalue weighted by atomic mass is 9.97. The molecule has 25 heavy (non-hydrogen) atoms. The minimum atomic E-state index is -4.53. The van der Waals surface area contributed by atoms with E-state index in [1.807, 2.05) is 0 Å². The molecule has 0 radical (unpaired) electrons. The third-order valence-electron chi connectivity index (χ3n) is 4.23. The number of carbonyl (C=O) groups is 1. The average molecular weight is 354 g/mol. The van der Waals surface area contributed by atoms with Crippen molar-refractivity contribution in [2.24, 2.45) is 0 Å². The van der Waals surface area contributed by atoms with Gasteiger partial charge in [-0.25, -0.2) is 0 Å². The van der Waals surface area contributed by atoms with Crippen LogP contribution in [-0.2, 0) is 17.4 Å². The summed E-state index contributed by atoms with van der Waals surface area (Å²) in [5.74, 6) is 0.148. The molecule has 3 rings (SSSR count). The lowest BCUT2D eigenvalue weighted by Crippen LogP contribution is -2.33. The van der Waals surface area contributed by atoms with Crippen LogP contribution in [0.4, 0.5) is 13.2 Å². The maximum Gasteiger partial charge on any atom is 0.416 e. The number of hydrogen-bond donors (Lipinski definition) is 1. The molecular formula is C17H17F3N2O3. The van der Waals surface area contributed by atoms with E-state index in [1.165, 1.54) is 23.1 Å².